The van der Waals surface area contributed by atoms with E-state index in [9.17, 15) is 0 Å². The molecule has 1 atom stereocenters. The van der Waals surface area contributed by atoms with Crippen LogP contribution >= 0.6 is 0 Å². The second-order valence-corrected chi connectivity index (χ2v) is 4.94. The highest BCUT2D eigenvalue weighted by atomic mass is 16.5. The molecule has 104 valence electrons. The topological polar surface area (TPSA) is 47.0 Å². The lowest BCUT2D eigenvalue weighted by atomic mass is 9.99. The molecule has 3 rings (SSSR count). The zero-order chi connectivity index (χ0) is 13.8. The van der Waals surface area contributed by atoms with Gasteiger partial charge in [-0.1, -0.05) is 19.1 Å². The van der Waals surface area contributed by atoms with Crippen LogP contribution in [-0.2, 0) is 4.74 Å². The van der Waals surface area contributed by atoms with Gasteiger partial charge >= 0.3 is 0 Å². The van der Waals surface area contributed by atoms with Crippen molar-refractivity contribution in [3.63, 3.8) is 0 Å². The zero-order valence-corrected chi connectivity index (χ0v) is 11.7. The highest BCUT2D eigenvalue weighted by molar-refractivity contribution is 5.73. The fourth-order valence-corrected chi connectivity index (χ4v) is 2.54. The van der Waals surface area contributed by atoms with Crippen LogP contribution < -0.4 is 5.32 Å². The highest BCUT2D eigenvalue weighted by Crippen LogP contribution is 2.27. The molecule has 1 aliphatic rings. The molecule has 0 aliphatic carbocycles. The number of hydrogen-bond donors (Lipinski definition) is 1. The van der Waals surface area contributed by atoms with Gasteiger partial charge < -0.3 is 10.1 Å². The van der Waals surface area contributed by atoms with Crippen LogP contribution in [0.15, 0.2) is 42.3 Å². The SMILES string of the molecule is CCNC(C1=COCCC1)c1cnc2ccccc2n1. The van der Waals surface area contributed by atoms with Gasteiger partial charge in [-0.2, -0.15) is 0 Å². The Balaban J connectivity index is 1.97. The van der Waals surface area contributed by atoms with E-state index in [-0.39, 0.29) is 6.04 Å². The maximum absolute atomic E-state index is 5.47. The van der Waals surface area contributed by atoms with Crippen LogP contribution in [0, 0.1) is 0 Å². The van der Waals surface area contributed by atoms with Crippen LogP contribution in [0.3, 0.4) is 0 Å². The molecule has 0 bridgehead atoms. The summed E-state index contributed by atoms with van der Waals surface area (Å²) in [4.78, 5) is 9.26. The minimum Gasteiger partial charge on any atom is -0.501 e. The number of aromatic nitrogens is 2. The fraction of sp³-hybridized carbons (Fsp3) is 0.375. The lowest BCUT2D eigenvalue weighted by Gasteiger charge is -2.23. The molecule has 1 unspecified atom stereocenters. The summed E-state index contributed by atoms with van der Waals surface area (Å²) < 4.78 is 5.47. The highest BCUT2D eigenvalue weighted by Gasteiger charge is 2.20. The third kappa shape index (κ3) is 2.65. The van der Waals surface area contributed by atoms with Crippen molar-refractivity contribution in [2.75, 3.05) is 13.2 Å². The first-order chi connectivity index (χ1) is 9.88. The van der Waals surface area contributed by atoms with Gasteiger partial charge in [0.1, 0.15) is 0 Å². The Hall–Kier alpha value is -1.94. The van der Waals surface area contributed by atoms with E-state index < -0.39 is 0 Å². The third-order valence-corrected chi connectivity index (χ3v) is 3.50. The lowest BCUT2D eigenvalue weighted by Crippen LogP contribution is -2.25. The molecule has 20 heavy (non-hydrogen) atoms. The van der Waals surface area contributed by atoms with Crippen molar-refractivity contribution in [1.29, 1.82) is 0 Å². The van der Waals surface area contributed by atoms with Crippen molar-refractivity contribution in [3.05, 3.63) is 48.0 Å². The van der Waals surface area contributed by atoms with Crippen LogP contribution in [0.2, 0.25) is 0 Å². The van der Waals surface area contributed by atoms with E-state index in [1.807, 2.05) is 36.7 Å². The fourth-order valence-electron chi connectivity index (χ4n) is 2.54. The van der Waals surface area contributed by atoms with Crippen molar-refractivity contribution >= 4 is 11.0 Å². The average molecular weight is 269 g/mol. The van der Waals surface area contributed by atoms with E-state index >= 15 is 0 Å². The Bertz CT molecular complexity index is 624. The van der Waals surface area contributed by atoms with Crippen molar-refractivity contribution < 1.29 is 4.74 Å². The van der Waals surface area contributed by atoms with Gasteiger partial charge in [-0.3, -0.25) is 4.98 Å². The molecule has 4 heteroatoms. The molecule has 1 N–H and O–H groups in total. The third-order valence-electron chi connectivity index (χ3n) is 3.50. The quantitative estimate of drug-likeness (QED) is 0.927. The van der Waals surface area contributed by atoms with Crippen molar-refractivity contribution in [1.82, 2.24) is 15.3 Å². The van der Waals surface area contributed by atoms with Crippen LogP contribution in [-0.4, -0.2) is 23.1 Å². The molecule has 2 aromatic rings. The number of fused-ring (bicyclic) bond motifs is 1. The van der Waals surface area contributed by atoms with Gasteiger partial charge in [-0.25, -0.2) is 4.98 Å². The van der Waals surface area contributed by atoms with E-state index in [4.69, 9.17) is 9.72 Å². The molecule has 0 fully saturated rings. The van der Waals surface area contributed by atoms with Gasteiger partial charge in [0, 0.05) is 0 Å². The van der Waals surface area contributed by atoms with Crippen LogP contribution in [0.4, 0.5) is 0 Å². The number of rotatable bonds is 4. The summed E-state index contributed by atoms with van der Waals surface area (Å²) in [5, 5.41) is 3.48. The molecule has 1 aromatic carbocycles. The average Bonchev–Trinajstić information content (AvgIpc) is 2.53. The maximum Gasteiger partial charge on any atom is 0.0890 e. The van der Waals surface area contributed by atoms with Gasteiger partial charge in [0.05, 0.1) is 41.8 Å². The molecule has 4 nitrogen and oxygen atoms in total. The van der Waals surface area contributed by atoms with E-state index in [2.05, 4.69) is 17.2 Å². The number of ether oxygens (including phenoxy) is 1. The normalized spacial score (nSPS) is 16.6. The summed E-state index contributed by atoms with van der Waals surface area (Å²) >= 11 is 0. The molecular weight excluding hydrogens is 250 g/mol. The van der Waals surface area contributed by atoms with Crippen molar-refractivity contribution in [2.45, 2.75) is 25.8 Å². The molecule has 1 aliphatic heterocycles. The molecule has 0 saturated carbocycles. The first-order valence-electron chi connectivity index (χ1n) is 7.14. The smallest absolute Gasteiger partial charge is 0.0890 e. The van der Waals surface area contributed by atoms with Crippen LogP contribution in [0.25, 0.3) is 11.0 Å². The van der Waals surface area contributed by atoms with Gasteiger partial charge in [0.2, 0.25) is 0 Å². The largest absolute Gasteiger partial charge is 0.501 e. The predicted molar refractivity (Wildman–Crippen MR) is 79.2 cm³/mol. The van der Waals surface area contributed by atoms with Crippen molar-refractivity contribution in [2.24, 2.45) is 0 Å². The Morgan fingerprint density at radius 1 is 1.30 bits per heavy atom. The van der Waals surface area contributed by atoms with Gasteiger partial charge in [-0.05, 0) is 37.1 Å². The summed E-state index contributed by atoms with van der Waals surface area (Å²) in [5.74, 6) is 0. The summed E-state index contributed by atoms with van der Waals surface area (Å²) in [6, 6.07) is 8.05. The van der Waals surface area contributed by atoms with E-state index in [0.29, 0.717) is 0 Å². The molecule has 2 heterocycles. The Kier molecular flexibility index (Phi) is 3.92. The van der Waals surface area contributed by atoms with Gasteiger partial charge in [0.25, 0.3) is 0 Å². The number of nitrogens with one attached hydrogen (secondary N) is 1. The Morgan fingerprint density at radius 3 is 2.90 bits per heavy atom. The second-order valence-electron chi connectivity index (χ2n) is 4.94. The molecule has 1 aromatic heterocycles. The maximum atomic E-state index is 5.47. The molecule has 0 spiro atoms. The zero-order valence-electron chi connectivity index (χ0n) is 11.7. The van der Waals surface area contributed by atoms with Crippen molar-refractivity contribution in [3.8, 4) is 0 Å². The number of hydrogen-bond acceptors (Lipinski definition) is 4. The monoisotopic (exact) mass is 269 g/mol. The first-order valence-corrected chi connectivity index (χ1v) is 7.14. The minimum absolute atomic E-state index is 0.0948. The predicted octanol–water partition coefficient (Wildman–Crippen LogP) is 2.97. The molecule has 0 amide bonds. The summed E-state index contributed by atoms with van der Waals surface area (Å²) in [6.45, 7) is 3.80. The van der Waals surface area contributed by atoms with Crippen LogP contribution in [0.5, 0.6) is 0 Å². The molecular formula is C16H19N3O. The second kappa shape index (κ2) is 6.01. The van der Waals surface area contributed by atoms with Gasteiger partial charge in [-0.15, -0.1) is 0 Å². The number of nitrogens with zero attached hydrogens (tertiary/aromatic N) is 2. The summed E-state index contributed by atoms with van der Waals surface area (Å²) in [6.07, 6.45) is 5.86. The lowest BCUT2D eigenvalue weighted by molar-refractivity contribution is 0.219. The number of likely N-dealkylation sites (N-methyl/N-ethyl adjacent to an activating group) is 1. The minimum atomic E-state index is 0.0948. The first kappa shape index (κ1) is 13.1. The number of para-hydroxylation sites is 2. The Labute approximate surface area is 118 Å². The van der Waals surface area contributed by atoms with E-state index in [0.717, 1.165) is 42.7 Å². The number of benzene rings is 1. The standard InChI is InChI=1S/C16H19N3O/c1-2-17-16(12-6-5-9-20-11-12)15-10-18-13-7-3-4-8-14(13)19-15/h3-4,7-8,10-11,16-17H,2,5-6,9H2,1H3. The van der Waals surface area contributed by atoms with E-state index in [1.54, 1.807) is 0 Å². The summed E-state index contributed by atoms with van der Waals surface area (Å²) in [7, 11) is 0. The van der Waals surface area contributed by atoms with Gasteiger partial charge in [0.15, 0.2) is 0 Å². The summed E-state index contributed by atoms with van der Waals surface area (Å²) in [5.41, 5.74) is 4.08. The molecule has 0 radical (unpaired) electrons. The molecule has 0 saturated heterocycles. The van der Waals surface area contributed by atoms with Crippen LogP contribution in [0.1, 0.15) is 31.5 Å². The van der Waals surface area contributed by atoms with E-state index in [1.165, 1.54) is 5.57 Å². The Morgan fingerprint density at radius 2 is 2.15 bits per heavy atom.